The van der Waals surface area contributed by atoms with Crippen LogP contribution in [0.25, 0.3) is 11.0 Å². The first kappa shape index (κ1) is 18.0. The molecule has 5 heteroatoms. The molecule has 0 saturated carbocycles. The van der Waals surface area contributed by atoms with Crippen molar-refractivity contribution in [3.05, 3.63) is 59.9 Å². The average Bonchev–Trinajstić information content (AvgIpc) is 3.02. The van der Waals surface area contributed by atoms with E-state index >= 15 is 0 Å². The minimum atomic E-state index is -0.122. The Labute approximate surface area is 154 Å². The number of nitrogens with one attached hydrogen (secondary N) is 1. The van der Waals surface area contributed by atoms with E-state index in [1.54, 1.807) is 0 Å². The summed E-state index contributed by atoms with van der Waals surface area (Å²) in [4.78, 5) is 15.5. The molecule has 0 radical (unpaired) electrons. The standard InChI is InChI=1S/C21H25N3O2/c1-16-9-3-6-12-20(16)26-14-8-7-13-24-19-11-5-4-10-18(19)23-21(24)17(2)22-15-25/h3-6,9-12,15,17H,7-8,13-14H2,1-2H3,(H,22,25). The summed E-state index contributed by atoms with van der Waals surface area (Å²) in [5.74, 6) is 1.84. The van der Waals surface area contributed by atoms with Gasteiger partial charge in [0.1, 0.15) is 11.6 Å². The lowest BCUT2D eigenvalue weighted by Crippen LogP contribution is -2.20. The maximum absolute atomic E-state index is 10.8. The first-order valence-corrected chi connectivity index (χ1v) is 9.04. The Hall–Kier alpha value is -2.82. The molecule has 0 spiro atoms. The van der Waals surface area contributed by atoms with E-state index in [9.17, 15) is 4.79 Å². The van der Waals surface area contributed by atoms with E-state index in [1.165, 1.54) is 0 Å². The third-order valence-electron chi connectivity index (χ3n) is 4.52. The van der Waals surface area contributed by atoms with Gasteiger partial charge >= 0.3 is 0 Å². The van der Waals surface area contributed by atoms with Gasteiger partial charge < -0.3 is 14.6 Å². The summed E-state index contributed by atoms with van der Waals surface area (Å²) in [6.45, 7) is 5.54. The van der Waals surface area contributed by atoms with Gasteiger partial charge in [-0.2, -0.15) is 0 Å². The zero-order chi connectivity index (χ0) is 18.4. The number of rotatable bonds is 9. The van der Waals surface area contributed by atoms with Crippen LogP contribution in [0.5, 0.6) is 5.75 Å². The average molecular weight is 351 g/mol. The van der Waals surface area contributed by atoms with Crippen LogP contribution in [0.1, 0.15) is 37.2 Å². The van der Waals surface area contributed by atoms with Gasteiger partial charge in [0.15, 0.2) is 0 Å². The SMILES string of the molecule is Cc1ccccc1OCCCCn1c(C(C)NC=O)nc2ccccc21. The second-order valence-corrected chi connectivity index (χ2v) is 6.44. The lowest BCUT2D eigenvalue weighted by atomic mass is 10.2. The predicted octanol–water partition coefficient (Wildman–Crippen LogP) is 4.01. The van der Waals surface area contributed by atoms with Crippen molar-refractivity contribution in [2.24, 2.45) is 0 Å². The van der Waals surface area contributed by atoms with E-state index in [1.807, 2.05) is 43.3 Å². The molecule has 0 saturated heterocycles. The number of nitrogens with zero attached hydrogens (tertiary/aromatic N) is 2. The van der Waals surface area contributed by atoms with Gasteiger partial charge in [-0.25, -0.2) is 4.98 Å². The molecule has 1 N–H and O–H groups in total. The molecule has 3 aromatic rings. The fourth-order valence-corrected chi connectivity index (χ4v) is 3.11. The van der Waals surface area contributed by atoms with Crippen molar-refractivity contribution in [1.29, 1.82) is 0 Å². The molecular formula is C21H25N3O2. The molecule has 1 aromatic heterocycles. The molecular weight excluding hydrogens is 326 g/mol. The van der Waals surface area contributed by atoms with E-state index < -0.39 is 0 Å². The molecule has 136 valence electrons. The molecule has 0 fully saturated rings. The number of aryl methyl sites for hydroxylation is 2. The number of ether oxygens (including phenoxy) is 1. The van der Waals surface area contributed by atoms with E-state index in [4.69, 9.17) is 9.72 Å². The van der Waals surface area contributed by atoms with Gasteiger partial charge in [0.25, 0.3) is 0 Å². The van der Waals surface area contributed by atoms with Crippen LogP contribution in [0.4, 0.5) is 0 Å². The number of para-hydroxylation sites is 3. The van der Waals surface area contributed by atoms with Gasteiger partial charge in [-0.1, -0.05) is 30.3 Å². The summed E-state index contributed by atoms with van der Waals surface area (Å²) in [6, 6.07) is 16.0. The van der Waals surface area contributed by atoms with Gasteiger partial charge in [-0.3, -0.25) is 4.79 Å². The molecule has 0 aliphatic rings. The third-order valence-corrected chi connectivity index (χ3v) is 4.52. The van der Waals surface area contributed by atoms with Crippen molar-refractivity contribution >= 4 is 17.4 Å². The third kappa shape index (κ3) is 4.04. The van der Waals surface area contributed by atoms with Gasteiger partial charge in [0, 0.05) is 6.54 Å². The number of hydrogen-bond donors (Lipinski definition) is 1. The Morgan fingerprint density at radius 3 is 2.73 bits per heavy atom. The largest absolute Gasteiger partial charge is 0.493 e. The van der Waals surface area contributed by atoms with E-state index in [0.29, 0.717) is 6.61 Å². The Morgan fingerprint density at radius 2 is 1.92 bits per heavy atom. The zero-order valence-electron chi connectivity index (χ0n) is 15.3. The van der Waals surface area contributed by atoms with Crippen LogP contribution in [0.15, 0.2) is 48.5 Å². The van der Waals surface area contributed by atoms with Gasteiger partial charge in [0.05, 0.1) is 23.7 Å². The highest BCUT2D eigenvalue weighted by Crippen LogP contribution is 2.21. The number of benzene rings is 2. The highest BCUT2D eigenvalue weighted by atomic mass is 16.5. The Kier molecular flexibility index (Phi) is 5.89. The number of aromatic nitrogens is 2. The summed E-state index contributed by atoms with van der Waals surface area (Å²) >= 11 is 0. The second-order valence-electron chi connectivity index (χ2n) is 6.44. The fraction of sp³-hybridized carbons (Fsp3) is 0.333. The number of amides is 1. The molecule has 1 amide bonds. The fourth-order valence-electron chi connectivity index (χ4n) is 3.11. The van der Waals surface area contributed by atoms with Crippen LogP contribution in [-0.2, 0) is 11.3 Å². The van der Waals surface area contributed by atoms with Gasteiger partial charge in [-0.15, -0.1) is 0 Å². The number of hydrogen-bond acceptors (Lipinski definition) is 3. The molecule has 3 rings (SSSR count). The lowest BCUT2D eigenvalue weighted by molar-refractivity contribution is -0.110. The molecule has 5 nitrogen and oxygen atoms in total. The molecule has 1 unspecified atom stereocenters. The first-order chi connectivity index (χ1) is 12.7. The normalized spacial score (nSPS) is 12.1. The molecule has 2 aromatic carbocycles. The van der Waals surface area contributed by atoms with Crippen LogP contribution < -0.4 is 10.1 Å². The van der Waals surface area contributed by atoms with Crippen molar-refractivity contribution < 1.29 is 9.53 Å². The second kappa shape index (κ2) is 8.52. The number of carbonyl (C=O) groups is 1. The molecule has 1 heterocycles. The van der Waals surface area contributed by atoms with Crippen molar-refractivity contribution in [2.45, 2.75) is 39.3 Å². The van der Waals surface area contributed by atoms with Crippen molar-refractivity contribution in [2.75, 3.05) is 6.61 Å². The quantitative estimate of drug-likeness (QED) is 0.468. The van der Waals surface area contributed by atoms with Crippen LogP contribution in [-0.4, -0.2) is 22.6 Å². The van der Waals surface area contributed by atoms with E-state index in [0.717, 1.165) is 54.0 Å². The maximum atomic E-state index is 10.8. The maximum Gasteiger partial charge on any atom is 0.207 e. The molecule has 1 atom stereocenters. The Balaban J connectivity index is 1.63. The summed E-state index contributed by atoms with van der Waals surface area (Å²) in [6.07, 6.45) is 2.66. The van der Waals surface area contributed by atoms with Crippen molar-refractivity contribution in [3.63, 3.8) is 0 Å². The van der Waals surface area contributed by atoms with Crippen LogP contribution in [0.2, 0.25) is 0 Å². The predicted molar refractivity (Wildman–Crippen MR) is 103 cm³/mol. The molecule has 0 aliphatic heterocycles. The van der Waals surface area contributed by atoms with Crippen LogP contribution >= 0.6 is 0 Å². The molecule has 0 aliphatic carbocycles. The van der Waals surface area contributed by atoms with E-state index in [2.05, 4.69) is 28.9 Å². The van der Waals surface area contributed by atoms with Crippen molar-refractivity contribution in [1.82, 2.24) is 14.9 Å². The lowest BCUT2D eigenvalue weighted by Gasteiger charge is -2.14. The van der Waals surface area contributed by atoms with Crippen molar-refractivity contribution in [3.8, 4) is 5.75 Å². The monoisotopic (exact) mass is 351 g/mol. The number of imidazole rings is 1. The molecule has 0 bridgehead atoms. The van der Waals surface area contributed by atoms with Gasteiger partial charge in [0.2, 0.25) is 6.41 Å². The smallest absolute Gasteiger partial charge is 0.207 e. The van der Waals surface area contributed by atoms with Gasteiger partial charge in [-0.05, 0) is 50.5 Å². The summed E-state index contributed by atoms with van der Waals surface area (Å²) in [7, 11) is 0. The Bertz CT molecular complexity index is 873. The number of fused-ring (bicyclic) bond motifs is 1. The number of unbranched alkanes of at least 4 members (excludes halogenated alkanes) is 1. The summed E-state index contributed by atoms with van der Waals surface area (Å²) in [5, 5.41) is 2.80. The minimum absolute atomic E-state index is 0.122. The zero-order valence-corrected chi connectivity index (χ0v) is 15.3. The van der Waals surface area contributed by atoms with Crippen LogP contribution in [0.3, 0.4) is 0 Å². The minimum Gasteiger partial charge on any atom is -0.493 e. The van der Waals surface area contributed by atoms with E-state index in [-0.39, 0.29) is 6.04 Å². The number of carbonyl (C=O) groups excluding carboxylic acids is 1. The highest BCUT2D eigenvalue weighted by molar-refractivity contribution is 5.76. The highest BCUT2D eigenvalue weighted by Gasteiger charge is 2.15. The summed E-state index contributed by atoms with van der Waals surface area (Å²) in [5.41, 5.74) is 3.21. The topological polar surface area (TPSA) is 56.1 Å². The first-order valence-electron chi connectivity index (χ1n) is 9.04. The summed E-state index contributed by atoms with van der Waals surface area (Å²) < 4.78 is 8.08. The van der Waals surface area contributed by atoms with Crippen LogP contribution in [0, 0.1) is 6.92 Å². The Morgan fingerprint density at radius 1 is 1.15 bits per heavy atom. The molecule has 26 heavy (non-hydrogen) atoms.